The lowest BCUT2D eigenvalue weighted by atomic mass is 10.0. The Morgan fingerprint density at radius 3 is 2.35 bits per heavy atom. The van der Waals surface area contributed by atoms with Crippen LogP contribution in [0.15, 0.2) is 0 Å². The van der Waals surface area contributed by atoms with Crippen molar-refractivity contribution in [3.05, 3.63) is 0 Å². The molecule has 0 atom stereocenters. The third kappa shape index (κ3) is 6.29. The summed E-state index contributed by atoms with van der Waals surface area (Å²) in [6.07, 6.45) is 4.85. The highest BCUT2D eigenvalue weighted by Crippen LogP contribution is 2.27. The van der Waals surface area contributed by atoms with Crippen LogP contribution in [0.25, 0.3) is 0 Å². The largest absolute Gasteiger partial charge is 0.444 e. The van der Waals surface area contributed by atoms with E-state index in [2.05, 4.69) is 5.32 Å². The fourth-order valence-corrected chi connectivity index (χ4v) is 2.09. The van der Waals surface area contributed by atoms with Crippen LogP contribution < -0.4 is 5.32 Å². The maximum atomic E-state index is 11.6. The second-order valence-electron chi connectivity index (χ2n) is 5.75. The van der Waals surface area contributed by atoms with Crippen LogP contribution in [-0.4, -0.2) is 24.0 Å². The lowest BCUT2D eigenvalue weighted by molar-refractivity contribution is -0.119. The van der Waals surface area contributed by atoms with Gasteiger partial charge in [-0.3, -0.25) is 4.79 Å². The van der Waals surface area contributed by atoms with Gasteiger partial charge in [0.05, 0.1) is 6.54 Å². The van der Waals surface area contributed by atoms with Gasteiger partial charge in [0.1, 0.15) is 5.60 Å². The molecule has 0 radical (unpaired) electrons. The molecule has 1 saturated carbocycles. The molecular formula is C13H23NO3. The first-order valence-corrected chi connectivity index (χ1v) is 6.35. The Hall–Kier alpha value is -1.06. The van der Waals surface area contributed by atoms with Crippen molar-refractivity contribution in [2.45, 2.75) is 58.5 Å². The standard InChI is InChI=1S/C13H23NO3/c1-13(2,3)17-12(16)14-9-11(15)8-10-6-4-5-7-10/h10H,4-9H2,1-3H3,(H,14,16). The summed E-state index contributed by atoms with van der Waals surface area (Å²) < 4.78 is 5.06. The van der Waals surface area contributed by atoms with Crippen LogP contribution in [0.2, 0.25) is 0 Å². The number of carbonyl (C=O) groups excluding carboxylic acids is 2. The van der Waals surface area contributed by atoms with Crippen LogP contribution in [0.3, 0.4) is 0 Å². The number of hydrogen-bond acceptors (Lipinski definition) is 3. The van der Waals surface area contributed by atoms with E-state index in [0.29, 0.717) is 12.3 Å². The molecule has 17 heavy (non-hydrogen) atoms. The Kier molecular flexibility index (Phi) is 4.97. The highest BCUT2D eigenvalue weighted by molar-refractivity contribution is 5.84. The molecule has 0 aromatic heterocycles. The van der Waals surface area contributed by atoms with E-state index in [1.54, 1.807) is 20.8 Å². The molecule has 1 aliphatic rings. The van der Waals surface area contributed by atoms with E-state index in [1.807, 2.05) is 0 Å². The molecule has 0 saturated heterocycles. The number of ether oxygens (including phenoxy) is 1. The number of rotatable bonds is 4. The molecule has 0 bridgehead atoms. The summed E-state index contributed by atoms with van der Waals surface area (Å²) in [5.41, 5.74) is -0.515. The lowest BCUT2D eigenvalue weighted by Gasteiger charge is -2.19. The highest BCUT2D eigenvalue weighted by Gasteiger charge is 2.20. The number of alkyl carbamates (subject to hydrolysis) is 1. The molecule has 98 valence electrons. The SMILES string of the molecule is CC(C)(C)OC(=O)NCC(=O)CC1CCCC1. The summed E-state index contributed by atoms with van der Waals surface area (Å²) >= 11 is 0. The van der Waals surface area contributed by atoms with Crippen molar-refractivity contribution in [3.63, 3.8) is 0 Å². The summed E-state index contributed by atoms with van der Waals surface area (Å²) in [6, 6.07) is 0. The predicted molar refractivity (Wildman–Crippen MR) is 65.8 cm³/mol. The van der Waals surface area contributed by atoms with Crippen molar-refractivity contribution in [3.8, 4) is 0 Å². The van der Waals surface area contributed by atoms with Crippen LogP contribution in [0.5, 0.6) is 0 Å². The predicted octanol–water partition coefficient (Wildman–Crippen LogP) is 2.66. The number of nitrogens with one attached hydrogen (secondary N) is 1. The molecule has 0 heterocycles. The molecule has 1 rings (SSSR count). The molecule has 0 aliphatic heterocycles. The van der Waals surface area contributed by atoms with Gasteiger partial charge in [-0.25, -0.2) is 4.79 Å². The second kappa shape index (κ2) is 6.03. The van der Waals surface area contributed by atoms with Crippen molar-refractivity contribution in [2.75, 3.05) is 6.54 Å². The molecule has 1 fully saturated rings. The minimum Gasteiger partial charge on any atom is -0.444 e. The number of carbonyl (C=O) groups is 2. The Morgan fingerprint density at radius 2 is 1.82 bits per heavy atom. The van der Waals surface area contributed by atoms with Gasteiger partial charge in [0, 0.05) is 6.42 Å². The first kappa shape index (κ1) is 14.0. The number of Topliss-reactive ketones (excluding diaryl/α,β-unsaturated/α-hetero) is 1. The zero-order chi connectivity index (χ0) is 12.9. The summed E-state index contributed by atoms with van der Waals surface area (Å²) in [5, 5.41) is 2.50. The molecule has 1 amide bonds. The van der Waals surface area contributed by atoms with Crippen molar-refractivity contribution in [1.82, 2.24) is 5.32 Å². The quantitative estimate of drug-likeness (QED) is 0.823. The van der Waals surface area contributed by atoms with Crippen molar-refractivity contribution < 1.29 is 14.3 Å². The van der Waals surface area contributed by atoms with Crippen LogP contribution in [0, 0.1) is 5.92 Å². The fraction of sp³-hybridized carbons (Fsp3) is 0.846. The van der Waals surface area contributed by atoms with Crippen molar-refractivity contribution >= 4 is 11.9 Å². The van der Waals surface area contributed by atoms with E-state index in [0.717, 1.165) is 12.8 Å². The Labute approximate surface area is 103 Å². The van der Waals surface area contributed by atoms with E-state index in [4.69, 9.17) is 4.74 Å². The van der Waals surface area contributed by atoms with Gasteiger partial charge in [0.2, 0.25) is 0 Å². The average molecular weight is 241 g/mol. The van der Waals surface area contributed by atoms with E-state index in [9.17, 15) is 9.59 Å². The van der Waals surface area contributed by atoms with Crippen molar-refractivity contribution in [2.24, 2.45) is 5.92 Å². The number of ketones is 1. The fourth-order valence-electron chi connectivity index (χ4n) is 2.09. The first-order chi connectivity index (χ1) is 7.87. The molecule has 0 aromatic rings. The van der Waals surface area contributed by atoms with Gasteiger partial charge in [-0.05, 0) is 26.7 Å². The van der Waals surface area contributed by atoms with Gasteiger partial charge >= 0.3 is 6.09 Å². The zero-order valence-corrected chi connectivity index (χ0v) is 11.0. The molecule has 4 nitrogen and oxygen atoms in total. The molecule has 0 spiro atoms. The van der Waals surface area contributed by atoms with Gasteiger partial charge in [-0.2, -0.15) is 0 Å². The minimum atomic E-state index is -0.516. The van der Waals surface area contributed by atoms with Gasteiger partial charge < -0.3 is 10.1 Å². The Balaban J connectivity index is 2.16. The zero-order valence-electron chi connectivity index (χ0n) is 11.0. The highest BCUT2D eigenvalue weighted by atomic mass is 16.6. The van der Waals surface area contributed by atoms with Crippen LogP contribution >= 0.6 is 0 Å². The van der Waals surface area contributed by atoms with Gasteiger partial charge in [-0.1, -0.05) is 25.7 Å². The molecule has 4 heteroatoms. The van der Waals surface area contributed by atoms with Crippen molar-refractivity contribution in [1.29, 1.82) is 0 Å². The summed E-state index contributed by atoms with van der Waals surface area (Å²) in [4.78, 5) is 22.9. The molecule has 1 aliphatic carbocycles. The number of amides is 1. The summed E-state index contributed by atoms with van der Waals surface area (Å²) in [5.74, 6) is 0.630. The van der Waals surface area contributed by atoms with Gasteiger partial charge in [-0.15, -0.1) is 0 Å². The van der Waals surface area contributed by atoms with Gasteiger partial charge in [0.15, 0.2) is 5.78 Å². The van der Waals surface area contributed by atoms with E-state index < -0.39 is 11.7 Å². The summed E-state index contributed by atoms with van der Waals surface area (Å²) in [6.45, 7) is 5.48. The normalized spacial score (nSPS) is 16.9. The van der Waals surface area contributed by atoms with E-state index in [-0.39, 0.29) is 12.3 Å². The Bertz CT molecular complexity index is 275. The third-order valence-corrected chi connectivity index (χ3v) is 2.82. The molecule has 0 unspecified atom stereocenters. The van der Waals surface area contributed by atoms with Crippen LogP contribution in [0.4, 0.5) is 4.79 Å². The second-order valence-corrected chi connectivity index (χ2v) is 5.75. The Morgan fingerprint density at radius 1 is 1.24 bits per heavy atom. The van der Waals surface area contributed by atoms with E-state index >= 15 is 0 Å². The monoisotopic (exact) mass is 241 g/mol. The first-order valence-electron chi connectivity index (χ1n) is 6.35. The van der Waals surface area contributed by atoms with Crippen LogP contribution in [-0.2, 0) is 9.53 Å². The third-order valence-electron chi connectivity index (χ3n) is 2.82. The summed E-state index contributed by atoms with van der Waals surface area (Å²) in [7, 11) is 0. The topological polar surface area (TPSA) is 55.4 Å². The van der Waals surface area contributed by atoms with Crippen LogP contribution in [0.1, 0.15) is 52.9 Å². The maximum Gasteiger partial charge on any atom is 0.408 e. The smallest absolute Gasteiger partial charge is 0.408 e. The minimum absolute atomic E-state index is 0.0887. The van der Waals surface area contributed by atoms with Gasteiger partial charge in [0.25, 0.3) is 0 Å². The molecule has 0 aromatic carbocycles. The van der Waals surface area contributed by atoms with E-state index in [1.165, 1.54) is 12.8 Å². The maximum absolute atomic E-state index is 11.6. The number of hydrogen-bond donors (Lipinski definition) is 1. The lowest BCUT2D eigenvalue weighted by Crippen LogP contribution is -2.35. The average Bonchev–Trinajstić information content (AvgIpc) is 2.64. The molecular weight excluding hydrogens is 218 g/mol. The molecule has 1 N–H and O–H groups in total.